The molecule has 0 aromatic carbocycles. The minimum absolute atomic E-state index is 0.116. The lowest BCUT2D eigenvalue weighted by Gasteiger charge is -2.12. The van der Waals surface area contributed by atoms with Gasteiger partial charge in [-0.15, -0.1) is 10.2 Å². The molecule has 2 rings (SSSR count). The van der Waals surface area contributed by atoms with Gasteiger partial charge in [-0.3, -0.25) is 0 Å². The lowest BCUT2D eigenvalue weighted by Crippen LogP contribution is -2.11. The van der Waals surface area contributed by atoms with E-state index in [2.05, 4.69) is 46.9 Å². The van der Waals surface area contributed by atoms with E-state index in [9.17, 15) is 0 Å². The van der Waals surface area contributed by atoms with Gasteiger partial charge in [-0.1, -0.05) is 5.21 Å². The summed E-state index contributed by atoms with van der Waals surface area (Å²) in [5.41, 5.74) is 6.36. The number of hydrogen-bond donors (Lipinski definition) is 3. The average Bonchev–Trinajstić information content (AvgIpc) is 2.75. The number of aromatic amines is 1. The van der Waals surface area contributed by atoms with E-state index < -0.39 is 0 Å². The predicted molar refractivity (Wildman–Crippen MR) is 62.6 cm³/mol. The van der Waals surface area contributed by atoms with E-state index in [1.54, 1.807) is 12.3 Å². The third-order valence-corrected chi connectivity index (χ3v) is 2.42. The molecule has 0 aliphatic heterocycles. The first-order chi connectivity index (χ1) is 7.66. The van der Waals surface area contributed by atoms with Crippen LogP contribution in [0.5, 0.6) is 0 Å². The summed E-state index contributed by atoms with van der Waals surface area (Å²) in [6, 6.07) is 1.66. The quantitative estimate of drug-likeness (QED) is 0.779. The van der Waals surface area contributed by atoms with Crippen LogP contribution in [-0.4, -0.2) is 25.6 Å². The molecule has 2 aromatic rings. The monoisotopic (exact) mass is 283 g/mol. The second-order valence-electron chi connectivity index (χ2n) is 3.23. The molecule has 1 unspecified atom stereocenters. The number of nitrogens with zero attached hydrogens (tertiary/aromatic N) is 4. The molecular formula is C8H10BrN7. The number of aromatic nitrogens is 5. The van der Waals surface area contributed by atoms with E-state index in [1.165, 1.54) is 0 Å². The number of pyridine rings is 1. The summed E-state index contributed by atoms with van der Waals surface area (Å²) in [4.78, 5) is 4.16. The standard InChI is InChI=1S/C8H10BrN7/c1-4(7-13-15-16-14-7)12-8-6(10)2-5(9)3-11-8/h2-4H,10H2,1H3,(H,11,12)(H,13,14,15,16). The van der Waals surface area contributed by atoms with Gasteiger partial charge in [-0.2, -0.15) is 5.21 Å². The lowest BCUT2D eigenvalue weighted by molar-refractivity contribution is 0.788. The smallest absolute Gasteiger partial charge is 0.196 e. The Bertz CT molecular complexity index is 469. The van der Waals surface area contributed by atoms with Gasteiger partial charge in [-0.25, -0.2) is 4.98 Å². The van der Waals surface area contributed by atoms with Crippen molar-refractivity contribution in [2.45, 2.75) is 13.0 Å². The zero-order valence-corrected chi connectivity index (χ0v) is 10.1. The first-order valence-electron chi connectivity index (χ1n) is 4.57. The van der Waals surface area contributed by atoms with Crippen LogP contribution in [0.25, 0.3) is 0 Å². The highest BCUT2D eigenvalue weighted by atomic mass is 79.9. The van der Waals surface area contributed by atoms with Gasteiger partial charge in [0.2, 0.25) is 0 Å². The van der Waals surface area contributed by atoms with Crippen LogP contribution in [0.4, 0.5) is 11.5 Å². The highest BCUT2D eigenvalue weighted by Gasteiger charge is 2.12. The van der Waals surface area contributed by atoms with E-state index >= 15 is 0 Å². The normalized spacial score (nSPS) is 12.4. The number of nitrogen functional groups attached to an aromatic ring is 1. The van der Waals surface area contributed by atoms with Crippen molar-refractivity contribution in [1.82, 2.24) is 25.6 Å². The van der Waals surface area contributed by atoms with Gasteiger partial charge in [0.1, 0.15) is 5.82 Å². The van der Waals surface area contributed by atoms with Crippen LogP contribution in [-0.2, 0) is 0 Å². The highest BCUT2D eigenvalue weighted by Crippen LogP contribution is 2.22. The molecule has 2 heterocycles. The van der Waals surface area contributed by atoms with Gasteiger partial charge < -0.3 is 11.1 Å². The van der Waals surface area contributed by atoms with Gasteiger partial charge in [0, 0.05) is 10.7 Å². The largest absolute Gasteiger partial charge is 0.396 e. The fourth-order valence-electron chi connectivity index (χ4n) is 1.20. The number of H-pyrrole nitrogens is 1. The fourth-order valence-corrected chi connectivity index (χ4v) is 1.55. The molecule has 4 N–H and O–H groups in total. The van der Waals surface area contributed by atoms with Crippen LogP contribution in [0.3, 0.4) is 0 Å². The van der Waals surface area contributed by atoms with E-state index in [0.717, 1.165) is 4.47 Å². The van der Waals surface area contributed by atoms with Crippen molar-refractivity contribution in [3.05, 3.63) is 22.6 Å². The molecule has 0 spiro atoms. The Kier molecular flexibility index (Phi) is 3.00. The van der Waals surface area contributed by atoms with Crippen molar-refractivity contribution in [2.24, 2.45) is 0 Å². The Balaban J connectivity index is 2.15. The molecular weight excluding hydrogens is 274 g/mol. The summed E-state index contributed by atoms with van der Waals surface area (Å²) in [5.74, 6) is 1.16. The second-order valence-corrected chi connectivity index (χ2v) is 4.14. The Morgan fingerprint density at radius 1 is 1.56 bits per heavy atom. The summed E-state index contributed by atoms with van der Waals surface area (Å²) in [6.07, 6.45) is 1.67. The van der Waals surface area contributed by atoms with E-state index in [4.69, 9.17) is 5.73 Å². The van der Waals surface area contributed by atoms with E-state index in [1.807, 2.05) is 6.92 Å². The molecule has 0 fully saturated rings. The summed E-state index contributed by atoms with van der Waals surface area (Å²) in [5, 5.41) is 16.7. The van der Waals surface area contributed by atoms with Crippen LogP contribution in [0.15, 0.2) is 16.7 Å². The fraction of sp³-hybridized carbons (Fsp3) is 0.250. The molecule has 16 heavy (non-hydrogen) atoms. The summed E-state index contributed by atoms with van der Waals surface area (Å²) < 4.78 is 0.836. The van der Waals surface area contributed by atoms with Crippen molar-refractivity contribution < 1.29 is 0 Å². The van der Waals surface area contributed by atoms with Crippen molar-refractivity contribution >= 4 is 27.4 Å². The zero-order valence-electron chi connectivity index (χ0n) is 8.48. The number of anilines is 2. The first kappa shape index (κ1) is 10.8. The Hall–Kier alpha value is -1.70. The number of rotatable bonds is 3. The van der Waals surface area contributed by atoms with E-state index in [0.29, 0.717) is 17.3 Å². The van der Waals surface area contributed by atoms with Crippen molar-refractivity contribution in [3.8, 4) is 0 Å². The third kappa shape index (κ3) is 2.27. The number of nitrogens with one attached hydrogen (secondary N) is 2. The van der Waals surface area contributed by atoms with Crippen molar-refractivity contribution in [1.29, 1.82) is 0 Å². The van der Waals surface area contributed by atoms with Crippen LogP contribution in [0, 0.1) is 0 Å². The van der Waals surface area contributed by atoms with Crippen molar-refractivity contribution in [3.63, 3.8) is 0 Å². The molecule has 8 heteroatoms. The number of nitrogens with two attached hydrogens (primary N) is 1. The van der Waals surface area contributed by atoms with Crippen LogP contribution in [0.1, 0.15) is 18.8 Å². The predicted octanol–water partition coefficient (Wildman–Crippen LogP) is 1.11. The van der Waals surface area contributed by atoms with Crippen LogP contribution in [0.2, 0.25) is 0 Å². The second kappa shape index (κ2) is 4.44. The molecule has 84 valence electrons. The minimum Gasteiger partial charge on any atom is -0.396 e. The van der Waals surface area contributed by atoms with Gasteiger partial charge in [0.25, 0.3) is 0 Å². The average molecular weight is 284 g/mol. The lowest BCUT2D eigenvalue weighted by atomic mass is 10.3. The van der Waals surface area contributed by atoms with Gasteiger partial charge in [-0.05, 0) is 28.9 Å². The molecule has 0 aliphatic rings. The topological polar surface area (TPSA) is 105 Å². The molecule has 2 aromatic heterocycles. The maximum atomic E-state index is 5.80. The van der Waals surface area contributed by atoms with Crippen LogP contribution < -0.4 is 11.1 Å². The number of hydrogen-bond acceptors (Lipinski definition) is 6. The van der Waals surface area contributed by atoms with Crippen molar-refractivity contribution in [2.75, 3.05) is 11.1 Å². The molecule has 0 saturated heterocycles. The molecule has 1 atom stereocenters. The van der Waals surface area contributed by atoms with Gasteiger partial charge >= 0.3 is 0 Å². The van der Waals surface area contributed by atoms with Gasteiger partial charge in [0.05, 0.1) is 11.7 Å². The maximum absolute atomic E-state index is 5.80. The Labute approximate surface area is 100.0 Å². The number of halogens is 1. The first-order valence-corrected chi connectivity index (χ1v) is 5.37. The zero-order chi connectivity index (χ0) is 11.5. The molecule has 0 amide bonds. The van der Waals surface area contributed by atoms with E-state index in [-0.39, 0.29) is 6.04 Å². The molecule has 0 bridgehead atoms. The maximum Gasteiger partial charge on any atom is 0.196 e. The Morgan fingerprint density at radius 2 is 2.38 bits per heavy atom. The Morgan fingerprint density at radius 3 is 3.00 bits per heavy atom. The SMILES string of the molecule is CC(Nc1ncc(Br)cc1N)c1nn[nH]n1. The molecule has 0 aliphatic carbocycles. The molecule has 7 nitrogen and oxygen atoms in total. The highest BCUT2D eigenvalue weighted by molar-refractivity contribution is 9.10. The third-order valence-electron chi connectivity index (χ3n) is 1.99. The summed E-state index contributed by atoms with van der Waals surface area (Å²) in [6.45, 7) is 1.90. The van der Waals surface area contributed by atoms with Gasteiger partial charge in [0.15, 0.2) is 5.82 Å². The molecule has 0 radical (unpaired) electrons. The minimum atomic E-state index is -0.116. The number of tetrazole rings is 1. The summed E-state index contributed by atoms with van der Waals surface area (Å²) in [7, 11) is 0. The molecule has 0 saturated carbocycles. The summed E-state index contributed by atoms with van der Waals surface area (Å²) >= 11 is 3.29. The van der Waals surface area contributed by atoms with Crippen LogP contribution >= 0.6 is 15.9 Å².